The van der Waals surface area contributed by atoms with E-state index in [9.17, 15) is 9.59 Å². The maximum atomic E-state index is 12.0. The second-order valence-corrected chi connectivity index (χ2v) is 5.72. The lowest BCUT2D eigenvalue weighted by molar-refractivity contribution is -0.131. The van der Waals surface area contributed by atoms with E-state index in [2.05, 4.69) is 10.5 Å². The maximum absolute atomic E-state index is 12.0. The number of benzene rings is 1. The first-order chi connectivity index (χ1) is 11.6. The van der Waals surface area contributed by atoms with Gasteiger partial charge in [-0.15, -0.1) is 0 Å². The summed E-state index contributed by atoms with van der Waals surface area (Å²) in [5.41, 5.74) is 1.42. The molecule has 0 unspecified atom stereocenters. The highest BCUT2D eigenvalue weighted by Gasteiger charge is 2.22. The fraction of sp³-hybridized carbons (Fsp3) is 0.353. The standard InChI is InChI=1S/C17H19N3O4/c1-12-8-15(24-19-12)11-23-14-5-2-4-13(9-14)18-16(21)10-20-7-3-6-17(20)22/h2,4-5,8-9H,3,6-7,10-11H2,1H3,(H,18,21). The topological polar surface area (TPSA) is 84.7 Å². The van der Waals surface area contributed by atoms with E-state index in [0.717, 1.165) is 12.1 Å². The zero-order valence-corrected chi connectivity index (χ0v) is 13.4. The van der Waals surface area contributed by atoms with Gasteiger partial charge in [0.1, 0.15) is 12.4 Å². The predicted octanol–water partition coefficient (Wildman–Crippen LogP) is 2.12. The largest absolute Gasteiger partial charge is 0.485 e. The van der Waals surface area contributed by atoms with Gasteiger partial charge < -0.3 is 19.5 Å². The summed E-state index contributed by atoms with van der Waals surface area (Å²) in [5.74, 6) is 1.06. The first-order valence-corrected chi connectivity index (χ1v) is 7.83. The molecule has 2 heterocycles. The average Bonchev–Trinajstić information content (AvgIpc) is 3.14. The number of rotatable bonds is 6. The van der Waals surface area contributed by atoms with Crippen molar-refractivity contribution in [2.24, 2.45) is 0 Å². The average molecular weight is 329 g/mol. The molecule has 0 bridgehead atoms. The smallest absolute Gasteiger partial charge is 0.243 e. The van der Waals surface area contributed by atoms with Crippen LogP contribution < -0.4 is 10.1 Å². The number of likely N-dealkylation sites (tertiary alicyclic amines) is 1. The molecule has 24 heavy (non-hydrogen) atoms. The van der Waals surface area contributed by atoms with Crippen LogP contribution in [0.2, 0.25) is 0 Å². The number of amides is 2. The number of nitrogens with zero attached hydrogens (tertiary/aromatic N) is 2. The van der Waals surface area contributed by atoms with Gasteiger partial charge in [0.2, 0.25) is 11.8 Å². The number of aromatic nitrogens is 1. The second-order valence-electron chi connectivity index (χ2n) is 5.72. The second kappa shape index (κ2) is 7.16. The van der Waals surface area contributed by atoms with E-state index in [1.54, 1.807) is 35.2 Å². The molecule has 1 saturated heterocycles. The molecule has 1 aromatic carbocycles. The first-order valence-electron chi connectivity index (χ1n) is 7.83. The summed E-state index contributed by atoms with van der Waals surface area (Å²) >= 11 is 0. The summed E-state index contributed by atoms with van der Waals surface area (Å²) in [7, 11) is 0. The highest BCUT2D eigenvalue weighted by atomic mass is 16.5. The third-order valence-electron chi connectivity index (χ3n) is 3.68. The Bertz CT molecular complexity index is 741. The monoisotopic (exact) mass is 329 g/mol. The lowest BCUT2D eigenvalue weighted by atomic mass is 10.3. The third kappa shape index (κ3) is 4.13. The van der Waals surface area contributed by atoms with Crippen molar-refractivity contribution in [2.75, 3.05) is 18.4 Å². The Labute approximate surface area is 139 Å². The number of ether oxygens (including phenoxy) is 1. The Hall–Kier alpha value is -2.83. The van der Waals surface area contributed by atoms with Gasteiger partial charge in [-0.2, -0.15) is 0 Å². The SMILES string of the molecule is Cc1cc(COc2cccc(NC(=O)CN3CCCC3=O)c2)on1. The van der Waals surface area contributed by atoms with E-state index in [4.69, 9.17) is 9.26 Å². The molecule has 2 aromatic rings. The number of carbonyl (C=O) groups excluding carboxylic acids is 2. The Morgan fingerprint density at radius 1 is 1.42 bits per heavy atom. The summed E-state index contributed by atoms with van der Waals surface area (Å²) in [6.07, 6.45) is 1.34. The first kappa shape index (κ1) is 16.0. The molecular weight excluding hydrogens is 310 g/mol. The molecule has 0 saturated carbocycles. The van der Waals surface area contributed by atoms with Gasteiger partial charge in [-0.3, -0.25) is 9.59 Å². The fourth-order valence-electron chi connectivity index (χ4n) is 2.55. The van der Waals surface area contributed by atoms with Crippen molar-refractivity contribution in [1.82, 2.24) is 10.1 Å². The van der Waals surface area contributed by atoms with Gasteiger partial charge in [0.05, 0.1) is 12.2 Å². The van der Waals surface area contributed by atoms with Crippen molar-refractivity contribution in [3.8, 4) is 5.75 Å². The fourth-order valence-corrected chi connectivity index (χ4v) is 2.55. The molecule has 1 fully saturated rings. The highest BCUT2D eigenvalue weighted by Crippen LogP contribution is 2.19. The molecule has 0 spiro atoms. The normalized spacial score (nSPS) is 14.0. The van der Waals surface area contributed by atoms with Gasteiger partial charge in [-0.05, 0) is 25.5 Å². The summed E-state index contributed by atoms with van der Waals surface area (Å²) in [6, 6.07) is 8.89. The van der Waals surface area contributed by atoms with Crippen LogP contribution >= 0.6 is 0 Å². The minimum absolute atomic E-state index is 0.0320. The highest BCUT2D eigenvalue weighted by molar-refractivity contribution is 5.95. The number of anilines is 1. The molecule has 1 aliphatic heterocycles. The number of hydrogen-bond acceptors (Lipinski definition) is 5. The van der Waals surface area contributed by atoms with E-state index < -0.39 is 0 Å². The van der Waals surface area contributed by atoms with Gasteiger partial charge >= 0.3 is 0 Å². The molecule has 1 aliphatic rings. The van der Waals surface area contributed by atoms with Gasteiger partial charge in [0.15, 0.2) is 5.76 Å². The molecule has 7 nitrogen and oxygen atoms in total. The third-order valence-corrected chi connectivity index (χ3v) is 3.68. The lowest BCUT2D eigenvalue weighted by Crippen LogP contribution is -2.33. The summed E-state index contributed by atoms with van der Waals surface area (Å²) in [6.45, 7) is 2.84. The number of carbonyl (C=O) groups is 2. The molecule has 1 N–H and O–H groups in total. The Morgan fingerprint density at radius 3 is 3.00 bits per heavy atom. The molecule has 0 aliphatic carbocycles. The van der Waals surface area contributed by atoms with E-state index in [1.807, 2.05) is 6.92 Å². The van der Waals surface area contributed by atoms with Crippen molar-refractivity contribution in [1.29, 1.82) is 0 Å². The molecule has 7 heteroatoms. The molecular formula is C17H19N3O4. The Balaban J connectivity index is 1.54. The van der Waals surface area contributed by atoms with Gasteiger partial charge in [0, 0.05) is 30.8 Å². The molecule has 3 rings (SSSR count). The van der Waals surface area contributed by atoms with Crippen molar-refractivity contribution in [3.63, 3.8) is 0 Å². The molecule has 1 aromatic heterocycles. The zero-order valence-electron chi connectivity index (χ0n) is 13.4. The quantitative estimate of drug-likeness (QED) is 0.877. The van der Waals surface area contributed by atoms with Crippen molar-refractivity contribution in [3.05, 3.63) is 41.8 Å². The van der Waals surface area contributed by atoms with E-state index in [0.29, 0.717) is 30.2 Å². The maximum Gasteiger partial charge on any atom is 0.243 e. The van der Waals surface area contributed by atoms with Crippen molar-refractivity contribution >= 4 is 17.5 Å². The summed E-state index contributed by atoms with van der Waals surface area (Å²) in [5, 5.41) is 6.58. The van der Waals surface area contributed by atoms with Crippen LogP contribution in [0.3, 0.4) is 0 Å². The minimum atomic E-state index is -0.215. The predicted molar refractivity (Wildman–Crippen MR) is 86.5 cm³/mol. The van der Waals surface area contributed by atoms with E-state index >= 15 is 0 Å². The van der Waals surface area contributed by atoms with Crippen LogP contribution in [0.1, 0.15) is 24.3 Å². The van der Waals surface area contributed by atoms with E-state index in [1.165, 1.54) is 0 Å². The Kier molecular flexibility index (Phi) is 4.79. The van der Waals surface area contributed by atoms with Crippen molar-refractivity contribution in [2.45, 2.75) is 26.4 Å². The molecule has 2 amide bonds. The van der Waals surface area contributed by atoms with Crippen LogP contribution in [-0.2, 0) is 16.2 Å². The van der Waals surface area contributed by atoms with Crippen LogP contribution in [-0.4, -0.2) is 35.0 Å². The number of aryl methyl sites for hydroxylation is 1. The Morgan fingerprint density at radius 2 is 2.29 bits per heavy atom. The van der Waals surface area contributed by atoms with Crippen LogP contribution in [0.5, 0.6) is 5.75 Å². The number of hydrogen-bond donors (Lipinski definition) is 1. The summed E-state index contributed by atoms with van der Waals surface area (Å²) in [4.78, 5) is 25.2. The molecule has 126 valence electrons. The lowest BCUT2D eigenvalue weighted by Gasteiger charge is -2.15. The van der Waals surface area contributed by atoms with E-state index in [-0.39, 0.29) is 25.0 Å². The van der Waals surface area contributed by atoms with Gasteiger partial charge in [-0.25, -0.2) is 0 Å². The van der Waals surface area contributed by atoms with Crippen LogP contribution in [0.15, 0.2) is 34.9 Å². The minimum Gasteiger partial charge on any atom is -0.485 e. The van der Waals surface area contributed by atoms with Gasteiger partial charge in [-0.1, -0.05) is 11.2 Å². The molecule has 0 atom stereocenters. The number of nitrogens with one attached hydrogen (secondary N) is 1. The van der Waals surface area contributed by atoms with Gasteiger partial charge in [0.25, 0.3) is 0 Å². The van der Waals surface area contributed by atoms with Crippen LogP contribution in [0.4, 0.5) is 5.69 Å². The van der Waals surface area contributed by atoms with Crippen molar-refractivity contribution < 1.29 is 18.8 Å². The molecule has 0 radical (unpaired) electrons. The van der Waals surface area contributed by atoms with Crippen LogP contribution in [0, 0.1) is 6.92 Å². The summed E-state index contributed by atoms with van der Waals surface area (Å²) < 4.78 is 10.7. The zero-order chi connectivity index (χ0) is 16.9. The van der Waals surface area contributed by atoms with Crippen LogP contribution in [0.25, 0.3) is 0 Å².